The topological polar surface area (TPSA) is 80.2 Å². The summed E-state index contributed by atoms with van der Waals surface area (Å²) in [6.07, 6.45) is -2.70. The zero-order valence-electron chi connectivity index (χ0n) is 22.3. The number of halogens is 4. The standard InChI is InChI=1S/C28H29BrClF2N5O2S/c1-28(2,3)40-33-14-16-5-10-20(30)21(11-16)35-27-36-22-12-19(26(38)34-18-8-6-17(29)7-9-18)24(39-15-25(31)32)13-23(22)37(27)4/h5-13,25,33H,14-15H2,1-4H3,(H,34,38)(H,35,36). The molecule has 3 N–H and O–H groups in total. The number of carbonyl (C=O) groups excluding carboxylic acids is 1. The summed E-state index contributed by atoms with van der Waals surface area (Å²) in [4.78, 5) is 17.8. The molecule has 212 valence electrons. The van der Waals surface area contributed by atoms with Crippen LogP contribution < -0.4 is 20.1 Å². The van der Waals surface area contributed by atoms with Crippen LogP contribution in [0.1, 0.15) is 36.7 Å². The maximum atomic E-state index is 13.2. The number of benzene rings is 3. The third-order valence-corrected chi connectivity index (χ3v) is 7.38. The number of hydrogen-bond donors (Lipinski definition) is 3. The third kappa shape index (κ3) is 7.87. The minimum absolute atomic E-state index is 0.0272. The van der Waals surface area contributed by atoms with Crippen LogP contribution in [-0.2, 0) is 13.6 Å². The van der Waals surface area contributed by atoms with Gasteiger partial charge in [0.05, 0.1) is 27.3 Å². The molecule has 1 heterocycles. The van der Waals surface area contributed by atoms with Gasteiger partial charge in [0, 0.05) is 34.6 Å². The molecule has 0 fully saturated rings. The van der Waals surface area contributed by atoms with Crippen molar-refractivity contribution >= 4 is 73.7 Å². The van der Waals surface area contributed by atoms with E-state index >= 15 is 0 Å². The number of ether oxygens (including phenoxy) is 1. The first-order valence-corrected chi connectivity index (χ1v) is 14.3. The molecule has 0 spiro atoms. The second-order valence-electron chi connectivity index (χ2n) is 9.97. The molecule has 4 aromatic rings. The Hall–Kier alpha value is -2.86. The lowest BCUT2D eigenvalue weighted by Gasteiger charge is -2.18. The first kappa shape index (κ1) is 30.1. The van der Waals surface area contributed by atoms with Gasteiger partial charge >= 0.3 is 0 Å². The number of aromatic nitrogens is 2. The average Bonchev–Trinajstić information content (AvgIpc) is 3.18. The zero-order chi connectivity index (χ0) is 29.0. The quantitative estimate of drug-likeness (QED) is 0.150. The summed E-state index contributed by atoms with van der Waals surface area (Å²) in [6.45, 7) is 6.18. The Labute approximate surface area is 249 Å². The number of nitrogens with zero attached hydrogens (tertiary/aromatic N) is 2. The molecule has 0 saturated carbocycles. The van der Waals surface area contributed by atoms with Gasteiger partial charge in [-0.15, -0.1) is 0 Å². The number of nitrogens with one attached hydrogen (secondary N) is 3. The monoisotopic (exact) mass is 651 g/mol. The molecule has 0 aliphatic carbocycles. The number of hydrogen-bond acceptors (Lipinski definition) is 6. The number of alkyl halides is 2. The number of rotatable bonds is 10. The highest BCUT2D eigenvalue weighted by atomic mass is 79.9. The second kappa shape index (κ2) is 12.8. The lowest BCUT2D eigenvalue weighted by atomic mass is 10.1. The molecule has 1 aromatic heterocycles. The van der Waals surface area contributed by atoms with Crippen LogP contribution in [0.3, 0.4) is 0 Å². The highest BCUT2D eigenvalue weighted by Gasteiger charge is 2.20. The summed E-state index contributed by atoms with van der Waals surface area (Å²) in [7, 11) is 1.77. The van der Waals surface area contributed by atoms with Crippen molar-refractivity contribution in [3.8, 4) is 5.75 Å². The number of fused-ring (bicyclic) bond motifs is 1. The Morgan fingerprint density at radius 1 is 1.15 bits per heavy atom. The van der Waals surface area contributed by atoms with Crippen molar-refractivity contribution in [1.82, 2.24) is 14.3 Å². The number of aryl methyl sites for hydroxylation is 1. The molecule has 4 rings (SSSR count). The average molecular weight is 653 g/mol. The Morgan fingerprint density at radius 2 is 1.88 bits per heavy atom. The summed E-state index contributed by atoms with van der Waals surface area (Å²) in [6, 6.07) is 15.8. The van der Waals surface area contributed by atoms with E-state index in [-0.39, 0.29) is 16.1 Å². The lowest BCUT2D eigenvalue weighted by molar-refractivity contribution is 0.0804. The first-order valence-electron chi connectivity index (χ1n) is 12.3. The van der Waals surface area contributed by atoms with Crippen LogP contribution in [-0.4, -0.2) is 33.2 Å². The summed E-state index contributed by atoms with van der Waals surface area (Å²) in [5, 5.41) is 6.55. The van der Waals surface area contributed by atoms with Crippen molar-refractivity contribution in [1.29, 1.82) is 0 Å². The molecule has 12 heteroatoms. The van der Waals surface area contributed by atoms with Gasteiger partial charge in [0.1, 0.15) is 12.4 Å². The van der Waals surface area contributed by atoms with Crippen LogP contribution in [0.4, 0.5) is 26.1 Å². The first-order chi connectivity index (χ1) is 18.9. The maximum absolute atomic E-state index is 13.2. The minimum atomic E-state index is -2.70. The van der Waals surface area contributed by atoms with Gasteiger partial charge in [0.25, 0.3) is 12.3 Å². The van der Waals surface area contributed by atoms with E-state index < -0.39 is 18.9 Å². The minimum Gasteiger partial charge on any atom is -0.487 e. The summed E-state index contributed by atoms with van der Waals surface area (Å²) >= 11 is 11.5. The Kier molecular flexibility index (Phi) is 9.60. The fourth-order valence-corrected chi connectivity index (χ4v) is 4.85. The highest BCUT2D eigenvalue weighted by molar-refractivity contribution is 9.10. The normalized spacial score (nSPS) is 11.7. The summed E-state index contributed by atoms with van der Waals surface area (Å²) in [5.41, 5.74) is 3.37. The van der Waals surface area contributed by atoms with Gasteiger partial charge < -0.3 is 19.9 Å². The van der Waals surface area contributed by atoms with Gasteiger partial charge in [-0.1, -0.05) is 45.5 Å². The number of imidazole rings is 1. The van der Waals surface area contributed by atoms with Gasteiger partial charge in [-0.2, -0.15) is 0 Å². The molecule has 7 nitrogen and oxygen atoms in total. The summed E-state index contributed by atoms with van der Waals surface area (Å²) < 4.78 is 37.4. The van der Waals surface area contributed by atoms with Crippen LogP contribution >= 0.6 is 39.5 Å². The fraction of sp³-hybridized carbons (Fsp3) is 0.286. The van der Waals surface area contributed by atoms with Crippen molar-refractivity contribution in [2.45, 2.75) is 38.5 Å². The predicted octanol–water partition coefficient (Wildman–Crippen LogP) is 8.17. The predicted molar refractivity (Wildman–Crippen MR) is 163 cm³/mol. The van der Waals surface area contributed by atoms with Crippen molar-refractivity contribution in [3.05, 3.63) is 75.2 Å². The molecule has 0 aliphatic heterocycles. The van der Waals surface area contributed by atoms with E-state index in [2.05, 4.69) is 57.0 Å². The molecular formula is C28H29BrClF2N5O2S. The van der Waals surface area contributed by atoms with Crippen LogP contribution in [0, 0.1) is 0 Å². The second-order valence-corrected chi connectivity index (χ2v) is 13.0. The Balaban J connectivity index is 1.64. The number of carbonyl (C=O) groups is 1. The van der Waals surface area contributed by atoms with Gasteiger partial charge in [-0.25, -0.2) is 13.8 Å². The molecular weight excluding hydrogens is 624 g/mol. The maximum Gasteiger partial charge on any atom is 0.272 e. The van der Waals surface area contributed by atoms with Crippen LogP contribution in [0.5, 0.6) is 5.75 Å². The van der Waals surface area contributed by atoms with Gasteiger partial charge in [-0.05, 0) is 68.8 Å². The van der Waals surface area contributed by atoms with Gasteiger partial charge in [0.2, 0.25) is 5.95 Å². The Bertz CT molecular complexity index is 1510. The van der Waals surface area contributed by atoms with E-state index in [0.29, 0.717) is 39.9 Å². The fourth-order valence-electron chi connectivity index (χ4n) is 3.75. The molecule has 0 unspecified atom stereocenters. The highest BCUT2D eigenvalue weighted by Crippen LogP contribution is 2.32. The van der Waals surface area contributed by atoms with E-state index in [1.165, 1.54) is 12.1 Å². The zero-order valence-corrected chi connectivity index (χ0v) is 25.5. The SMILES string of the molecule is Cn1c(Nc2cc(CNSC(C)(C)C)ccc2Cl)nc2cc(C(=O)Nc3ccc(Br)cc3)c(OCC(F)F)cc21. The Morgan fingerprint density at radius 3 is 2.55 bits per heavy atom. The van der Waals surface area contributed by atoms with E-state index in [9.17, 15) is 13.6 Å². The van der Waals surface area contributed by atoms with Crippen molar-refractivity contribution < 1.29 is 18.3 Å². The number of anilines is 3. The molecule has 0 radical (unpaired) electrons. The molecule has 40 heavy (non-hydrogen) atoms. The lowest BCUT2D eigenvalue weighted by Crippen LogP contribution is -2.16. The third-order valence-electron chi connectivity index (χ3n) is 5.63. The molecule has 0 saturated heterocycles. The van der Waals surface area contributed by atoms with Crippen LogP contribution in [0.2, 0.25) is 5.02 Å². The largest absolute Gasteiger partial charge is 0.487 e. The van der Waals surface area contributed by atoms with E-state index in [4.69, 9.17) is 16.3 Å². The van der Waals surface area contributed by atoms with Crippen molar-refractivity contribution in [2.24, 2.45) is 7.05 Å². The molecule has 0 atom stereocenters. The molecule has 1 amide bonds. The van der Waals surface area contributed by atoms with E-state index in [0.717, 1.165) is 10.0 Å². The van der Waals surface area contributed by atoms with Gasteiger partial charge in [-0.3, -0.25) is 9.52 Å². The van der Waals surface area contributed by atoms with Crippen molar-refractivity contribution in [3.63, 3.8) is 0 Å². The van der Waals surface area contributed by atoms with Gasteiger partial charge in [0.15, 0.2) is 0 Å². The molecule has 0 bridgehead atoms. The van der Waals surface area contributed by atoms with Crippen LogP contribution in [0.25, 0.3) is 11.0 Å². The summed E-state index contributed by atoms with van der Waals surface area (Å²) in [5.74, 6) is -0.0270. The number of amides is 1. The molecule has 0 aliphatic rings. The van der Waals surface area contributed by atoms with Crippen LogP contribution in [0.15, 0.2) is 59.1 Å². The van der Waals surface area contributed by atoms with E-state index in [1.54, 1.807) is 47.8 Å². The smallest absolute Gasteiger partial charge is 0.272 e. The van der Waals surface area contributed by atoms with Crippen molar-refractivity contribution in [2.75, 3.05) is 17.2 Å². The molecule has 3 aromatic carbocycles. The van der Waals surface area contributed by atoms with E-state index in [1.807, 2.05) is 18.2 Å².